The van der Waals surface area contributed by atoms with Crippen LogP contribution in [-0.4, -0.2) is 44.0 Å². The van der Waals surface area contributed by atoms with Gasteiger partial charge in [0.2, 0.25) is 11.8 Å². The van der Waals surface area contributed by atoms with E-state index in [2.05, 4.69) is 54.0 Å². The van der Waals surface area contributed by atoms with Crippen LogP contribution in [0.2, 0.25) is 0 Å². The molecule has 2 aliphatic rings. The number of aryl methyl sites for hydroxylation is 2. The zero-order valence-corrected chi connectivity index (χ0v) is 27.4. The Hall–Kier alpha value is -5.64. The number of rotatable bonds is 4. The third kappa shape index (κ3) is 5.13. The maximum atomic E-state index is 12.6. The van der Waals surface area contributed by atoms with Gasteiger partial charge in [-0.05, 0) is 86.3 Å². The molecule has 2 saturated heterocycles. The number of nitrogens with one attached hydrogen (secondary N) is 4. The summed E-state index contributed by atoms with van der Waals surface area (Å²) in [5, 5.41) is 7.87. The molecule has 6 aromatic rings. The molecule has 0 aliphatic carbocycles. The number of hydrogen-bond acceptors (Lipinski definition) is 4. The van der Waals surface area contributed by atoms with Gasteiger partial charge in [-0.1, -0.05) is 24.3 Å². The molecule has 2 fully saturated rings. The lowest BCUT2D eigenvalue weighted by Crippen LogP contribution is -2.37. The van der Waals surface area contributed by atoms with Crippen molar-refractivity contribution in [2.24, 2.45) is 14.1 Å². The minimum Gasteiger partial charge on any atom is -0.355 e. The molecule has 10 heteroatoms. The average molecular weight is 643 g/mol. The Bertz CT molecular complexity index is 2200. The van der Waals surface area contributed by atoms with E-state index in [-0.39, 0.29) is 22.9 Å². The van der Waals surface area contributed by atoms with Gasteiger partial charge in [0, 0.05) is 83.9 Å². The summed E-state index contributed by atoms with van der Waals surface area (Å²) in [6.45, 7) is 4.88. The SMILES string of the molecule is Cn1ccc2cc(-c3ccc([C@@]4(C)CCNC4=O)c(=O)[nH]3)ccc21.Cn1ccc2cc(-c3ccc([C@@]4(C)CCNC4=O)c(=O)[nH]3)ccc21. The Morgan fingerprint density at radius 2 is 0.979 bits per heavy atom. The van der Waals surface area contributed by atoms with Gasteiger partial charge >= 0.3 is 0 Å². The molecule has 0 spiro atoms. The smallest absolute Gasteiger partial charge is 0.252 e. The van der Waals surface area contributed by atoms with Crippen molar-refractivity contribution in [3.8, 4) is 22.5 Å². The summed E-state index contributed by atoms with van der Waals surface area (Å²) in [4.78, 5) is 55.2. The van der Waals surface area contributed by atoms with E-state index in [0.29, 0.717) is 37.1 Å². The van der Waals surface area contributed by atoms with Gasteiger partial charge in [-0.2, -0.15) is 0 Å². The molecule has 2 aliphatic heterocycles. The van der Waals surface area contributed by atoms with Crippen molar-refractivity contribution in [2.45, 2.75) is 37.5 Å². The summed E-state index contributed by atoms with van der Waals surface area (Å²) in [6.07, 6.45) is 5.31. The fourth-order valence-corrected chi connectivity index (χ4v) is 7.03. The van der Waals surface area contributed by atoms with E-state index in [9.17, 15) is 19.2 Å². The summed E-state index contributed by atoms with van der Waals surface area (Å²) in [6, 6.07) is 23.6. The molecule has 10 nitrogen and oxygen atoms in total. The molecule has 0 saturated carbocycles. The Kier molecular flexibility index (Phi) is 7.46. The Balaban J connectivity index is 0.000000152. The van der Waals surface area contributed by atoms with Gasteiger partial charge in [-0.3, -0.25) is 19.2 Å². The molecular weight excluding hydrogens is 604 g/mol. The first kappa shape index (κ1) is 31.0. The Labute approximate surface area is 276 Å². The molecule has 48 heavy (non-hydrogen) atoms. The topological polar surface area (TPSA) is 134 Å². The lowest BCUT2D eigenvalue weighted by atomic mass is 9.81. The standard InChI is InChI=1S/2C19H19N3O2/c2*1-19(8-9-20-18(19)24)14-4-5-15(21-17(14)23)12-3-6-16-13(11-12)7-10-22(16)2/h2*3-7,10-11H,8-9H2,1-2H3,(H,20,24)(H,21,23)/t2*19-/m11/s1. The molecule has 6 heterocycles. The van der Waals surface area contributed by atoms with Crippen LogP contribution in [0.1, 0.15) is 37.8 Å². The van der Waals surface area contributed by atoms with Crippen molar-refractivity contribution in [1.82, 2.24) is 29.7 Å². The lowest BCUT2D eigenvalue weighted by molar-refractivity contribution is -0.124. The molecule has 4 N–H and O–H groups in total. The fraction of sp³-hybridized carbons (Fsp3) is 0.263. The van der Waals surface area contributed by atoms with Crippen molar-refractivity contribution in [2.75, 3.05) is 13.1 Å². The molecule has 244 valence electrons. The van der Waals surface area contributed by atoms with E-state index in [4.69, 9.17) is 0 Å². The van der Waals surface area contributed by atoms with Crippen molar-refractivity contribution in [3.63, 3.8) is 0 Å². The first-order chi connectivity index (χ1) is 23.0. The molecule has 2 atom stereocenters. The largest absolute Gasteiger partial charge is 0.355 e. The van der Waals surface area contributed by atoms with Crippen molar-refractivity contribution in [1.29, 1.82) is 0 Å². The molecule has 8 rings (SSSR count). The maximum absolute atomic E-state index is 12.6. The number of H-pyrrole nitrogens is 2. The van der Waals surface area contributed by atoms with Crippen LogP contribution < -0.4 is 21.8 Å². The normalized spacial score (nSPS) is 20.5. The zero-order valence-electron chi connectivity index (χ0n) is 27.4. The Morgan fingerprint density at radius 1 is 0.562 bits per heavy atom. The van der Waals surface area contributed by atoms with E-state index in [0.717, 1.165) is 44.3 Å². The van der Waals surface area contributed by atoms with Gasteiger partial charge < -0.3 is 29.7 Å². The monoisotopic (exact) mass is 642 g/mol. The number of hydrogen-bond donors (Lipinski definition) is 4. The van der Waals surface area contributed by atoms with Crippen LogP contribution in [0.25, 0.3) is 44.3 Å². The average Bonchev–Trinajstić information content (AvgIpc) is 3.84. The minimum absolute atomic E-state index is 0.0774. The zero-order chi connectivity index (χ0) is 33.8. The number of carbonyl (C=O) groups excluding carboxylic acids is 2. The second-order valence-electron chi connectivity index (χ2n) is 13.3. The van der Waals surface area contributed by atoms with Crippen molar-refractivity contribution < 1.29 is 9.59 Å². The highest BCUT2D eigenvalue weighted by Crippen LogP contribution is 2.32. The lowest BCUT2D eigenvalue weighted by Gasteiger charge is -2.20. The van der Waals surface area contributed by atoms with Crippen LogP contribution in [-0.2, 0) is 34.5 Å². The molecular formula is C38H38N6O4. The van der Waals surface area contributed by atoms with Crippen LogP contribution in [0.15, 0.2) is 94.8 Å². The fourth-order valence-electron chi connectivity index (χ4n) is 7.03. The summed E-state index contributed by atoms with van der Waals surface area (Å²) in [5.74, 6) is -0.155. The number of amides is 2. The molecule has 4 aromatic heterocycles. The quantitative estimate of drug-likeness (QED) is 0.223. The van der Waals surface area contributed by atoms with Gasteiger partial charge in [-0.25, -0.2) is 0 Å². The number of pyridine rings is 2. The van der Waals surface area contributed by atoms with Crippen LogP contribution in [0.4, 0.5) is 0 Å². The predicted molar refractivity (Wildman–Crippen MR) is 188 cm³/mol. The van der Waals surface area contributed by atoms with E-state index in [1.165, 1.54) is 0 Å². The molecule has 0 unspecified atom stereocenters. The highest BCUT2D eigenvalue weighted by atomic mass is 16.2. The molecule has 0 bridgehead atoms. The first-order valence-corrected chi connectivity index (χ1v) is 16.1. The number of aromatic nitrogens is 4. The van der Waals surface area contributed by atoms with Crippen molar-refractivity contribution >= 4 is 33.6 Å². The first-order valence-electron chi connectivity index (χ1n) is 16.1. The third-order valence-corrected chi connectivity index (χ3v) is 10.2. The van der Waals surface area contributed by atoms with Gasteiger partial charge in [-0.15, -0.1) is 0 Å². The van der Waals surface area contributed by atoms with Crippen LogP contribution in [0.5, 0.6) is 0 Å². The minimum atomic E-state index is -0.741. The van der Waals surface area contributed by atoms with Gasteiger partial charge in [0.1, 0.15) is 0 Å². The number of nitrogens with zero attached hydrogens (tertiary/aromatic N) is 2. The summed E-state index contributed by atoms with van der Waals surface area (Å²) in [5.41, 5.74) is 4.92. The van der Waals surface area contributed by atoms with Crippen molar-refractivity contribution in [3.05, 3.63) is 117 Å². The van der Waals surface area contributed by atoms with E-state index in [1.807, 2.05) is 76.7 Å². The maximum Gasteiger partial charge on any atom is 0.252 e. The second-order valence-corrected chi connectivity index (χ2v) is 13.3. The predicted octanol–water partition coefficient (Wildman–Crippen LogP) is 4.62. The molecule has 2 aromatic carbocycles. The van der Waals surface area contributed by atoms with Gasteiger partial charge in [0.15, 0.2) is 0 Å². The van der Waals surface area contributed by atoms with Crippen LogP contribution in [0.3, 0.4) is 0 Å². The number of aromatic amines is 2. The Morgan fingerprint density at radius 3 is 1.33 bits per heavy atom. The molecule has 2 amide bonds. The highest BCUT2D eigenvalue weighted by Gasteiger charge is 2.42. The third-order valence-electron chi connectivity index (χ3n) is 10.2. The number of benzene rings is 2. The summed E-state index contributed by atoms with van der Waals surface area (Å²) >= 11 is 0. The second kappa shape index (κ2) is 11.6. The van der Waals surface area contributed by atoms with Gasteiger partial charge in [0.05, 0.1) is 10.8 Å². The van der Waals surface area contributed by atoms with E-state index in [1.54, 1.807) is 12.1 Å². The summed E-state index contributed by atoms with van der Waals surface area (Å²) in [7, 11) is 4.01. The number of fused-ring (bicyclic) bond motifs is 2. The van der Waals surface area contributed by atoms with E-state index < -0.39 is 10.8 Å². The highest BCUT2D eigenvalue weighted by molar-refractivity contribution is 5.91. The molecule has 0 radical (unpaired) electrons. The van der Waals surface area contributed by atoms with Gasteiger partial charge in [0.25, 0.3) is 11.1 Å². The van der Waals surface area contributed by atoms with Crippen LogP contribution in [0, 0.1) is 0 Å². The van der Waals surface area contributed by atoms with Crippen LogP contribution >= 0.6 is 0 Å². The summed E-state index contributed by atoms with van der Waals surface area (Å²) < 4.78 is 4.12. The van der Waals surface area contributed by atoms with E-state index >= 15 is 0 Å². The number of carbonyl (C=O) groups is 2.